The van der Waals surface area contributed by atoms with Crippen LogP contribution in [-0.2, 0) is 14.8 Å². The van der Waals surface area contributed by atoms with Gasteiger partial charge in [-0.25, -0.2) is 13.8 Å². The lowest BCUT2D eigenvalue weighted by atomic mass is 10.0. The maximum Gasteiger partial charge on any atom is 0.250 e. The predicted molar refractivity (Wildman–Crippen MR) is 112 cm³/mol. The number of carbonyl (C=O) groups is 1. The Hall–Kier alpha value is -2.13. The number of nitrogens with one attached hydrogen (secondary N) is 4. The fourth-order valence-electron chi connectivity index (χ4n) is 2.93. The minimum absolute atomic E-state index is 0.197. The second-order valence-electron chi connectivity index (χ2n) is 6.97. The van der Waals surface area contributed by atoms with Crippen LogP contribution in [-0.4, -0.2) is 26.2 Å². The summed E-state index contributed by atoms with van der Waals surface area (Å²) in [5.41, 5.74) is 7.61. The van der Waals surface area contributed by atoms with E-state index >= 15 is 0 Å². The lowest BCUT2D eigenvalue weighted by Crippen LogP contribution is -2.45. The van der Waals surface area contributed by atoms with Crippen LogP contribution in [0.4, 0.5) is 11.4 Å². The predicted octanol–water partition coefficient (Wildman–Crippen LogP) is 2.89. The van der Waals surface area contributed by atoms with Gasteiger partial charge in [0, 0.05) is 22.9 Å². The molecule has 28 heavy (non-hydrogen) atoms. The molecule has 9 heteroatoms. The van der Waals surface area contributed by atoms with E-state index in [9.17, 15) is 13.2 Å². The Kier molecular flexibility index (Phi) is 6.24. The molecule has 1 saturated heterocycles. The van der Waals surface area contributed by atoms with Crippen LogP contribution in [0.1, 0.15) is 25.3 Å². The number of benzene rings is 2. The summed E-state index contributed by atoms with van der Waals surface area (Å²) in [6.45, 7) is 4.38. The molecule has 150 valence electrons. The molecule has 1 aliphatic rings. The zero-order chi connectivity index (χ0) is 20.3. The Balaban J connectivity index is 1.70. The summed E-state index contributed by atoms with van der Waals surface area (Å²) in [4.78, 5) is 12.7. The van der Waals surface area contributed by atoms with Crippen LogP contribution in [0.15, 0.2) is 48.5 Å². The third-order valence-corrected chi connectivity index (χ3v) is 6.44. The van der Waals surface area contributed by atoms with Crippen molar-refractivity contribution < 1.29 is 13.2 Å². The molecule has 4 N–H and O–H groups in total. The highest BCUT2D eigenvalue weighted by Gasteiger charge is 2.41. The van der Waals surface area contributed by atoms with Crippen molar-refractivity contribution in [3.63, 3.8) is 0 Å². The first kappa shape index (κ1) is 20.6. The van der Waals surface area contributed by atoms with Gasteiger partial charge in [-0.15, -0.1) is 0 Å². The van der Waals surface area contributed by atoms with Crippen LogP contribution in [0.3, 0.4) is 0 Å². The highest BCUT2D eigenvalue weighted by Crippen LogP contribution is 2.22. The van der Waals surface area contributed by atoms with Gasteiger partial charge in [0.1, 0.15) is 0 Å². The summed E-state index contributed by atoms with van der Waals surface area (Å²) < 4.78 is 28.0. The van der Waals surface area contributed by atoms with Gasteiger partial charge in [0.15, 0.2) is 5.37 Å². The summed E-state index contributed by atoms with van der Waals surface area (Å²) in [7, 11) is -3.86. The van der Waals surface area contributed by atoms with Crippen molar-refractivity contribution in [2.45, 2.75) is 25.1 Å². The summed E-state index contributed by atoms with van der Waals surface area (Å²) >= 11 is 5.83. The van der Waals surface area contributed by atoms with Gasteiger partial charge in [-0.1, -0.05) is 37.6 Å². The molecule has 0 aromatic heterocycles. The van der Waals surface area contributed by atoms with Crippen molar-refractivity contribution in [1.29, 1.82) is 0 Å². The van der Waals surface area contributed by atoms with E-state index in [1.54, 1.807) is 24.3 Å². The fraction of sp³-hybridized carbons (Fsp3) is 0.316. The Morgan fingerprint density at radius 2 is 1.68 bits per heavy atom. The van der Waals surface area contributed by atoms with Gasteiger partial charge < -0.3 is 5.32 Å². The average molecular weight is 423 g/mol. The number of halogens is 1. The van der Waals surface area contributed by atoms with Crippen LogP contribution >= 0.6 is 11.6 Å². The molecule has 0 spiro atoms. The number of hydrazine groups is 1. The Morgan fingerprint density at radius 1 is 1.07 bits per heavy atom. The van der Waals surface area contributed by atoms with Gasteiger partial charge >= 0.3 is 0 Å². The minimum atomic E-state index is -3.86. The number of hydrogen-bond donors (Lipinski definition) is 4. The lowest BCUT2D eigenvalue weighted by Gasteiger charge is -2.19. The van der Waals surface area contributed by atoms with Gasteiger partial charge in [-0.3, -0.25) is 14.9 Å². The fourth-order valence-corrected chi connectivity index (χ4v) is 4.54. The van der Waals surface area contributed by atoms with Gasteiger partial charge in [0.05, 0.1) is 5.92 Å². The van der Waals surface area contributed by atoms with Crippen LogP contribution < -0.4 is 20.9 Å². The molecule has 2 atom stereocenters. The third kappa shape index (κ3) is 4.82. The highest BCUT2D eigenvalue weighted by molar-refractivity contribution is 7.93. The second-order valence-corrected chi connectivity index (χ2v) is 9.21. The Labute approximate surface area is 169 Å². The molecule has 3 rings (SSSR count). The molecule has 1 heterocycles. The smallest absolute Gasteiger partial charge is 0.250 e. The first-order valence-corrected chi connectivity index (χ1v) is 10.8. The van der Waals surface area contributed by atoms with Crippen molar-refractivity contribution in [3.05, 3.63) is 59.1 Å². The largest absolute Gasteiger partial charge is 0.326 e. The minimum Gasteiger partial charge on any atom is -0.326 e. The van der Waals surface area contributed by atoms with E-state index in [-0.39, 0.29) is 12.5 Å². The normalized spacial score (nSPS) is 19.6. The Morgan fingerprint density at radius 3 is 2.29 bits per heavy atom. The first-order chi connectivity index (χ1) is 13.3. The average Bonchev–Trinajstić information content (AvgIpc) is 3.15. The van der Waals surface area contributed by atoms with E-state index < -0.39 is 21.3 Å². The summed E-state index contributed by atoms with van der Waals surface area (Å²) in [5.74, 6) is -0.780. The van der Waals surface area contributed by atoms with Crippen LogP contribution in [0.2, 0.25) is 5.02 Å². The summed E-state index contributed by atoms with van der Waals surface area (Å²) in [6.07, 6.45) is 0. The standard InChI is InChI=1S/C19H23ClN4O3S/c1-12(2)13-3-7-15(8-4-13)22-18(25)17-11-21-23-19(17)28(26,27)24-16-9-5-14(20)6-10-16/h3-10,12,17,19,21,23-24H,11H2,1-2H3,(H,22,25). The van der Waals surface area contributed by atoms with Crippen molar-refractivity contribution in [2.75, 3.05) is 16.6 Å². The molecule has 0 radical (unpaired) electrons. The van der Waals surface area contributed by atoms with E-state index in [1.807, 2.05) is 24.3 Å². The lowest BCUT2D eigenvalue weighted by molar-refractivity contribution is -0.119. The van der Waals surface area contributed by atoms with Crippen LogP contribution in [0.5, 0.6) is 0 Å². The molecule has 2 aromatic rings. The van der Waals surface area contributed by atoms with E-state index in [4.69, 9.17) is 11.6 Å². The van der Waals surface area contributed by atoms with Gasteiger partial charge in [-0.05, 0) is 47.9 Å². The number of rotatable bonds is 6. The first-order valence-electron chi connectivity index (χ1n) is 8.92. The summed E-state index contributed by atoms with van der Waals surface area (Å²) in [6, 6.07) is 13.8. The van der Waals surface area contributed by atoms with E-state index in [0.29, 0.717) is 22.3 Å². The molecule has 0 saturated carbocycles. The van der Waals surface area contributed by atoms with Gasteiger partial charge in [0.25, 0.3) is 10.0 Å². The van der Waals surface area contributed by atoms with Crippen molar-refractivity contribution in [1.82, 2.24) is 10.9 Å². The molecular formula is C19H23ClN4O3S. The zero-order valence-electron chi connectivity index (χ0n) is 15.6. The van der Waals surface area contributed by atoms with Gasteiger partial charge in [-0.2, -0.15) is 0 Å². The number of amides is 1. The molecule has 1 aliphatic heterocycles. The highest BCUT2D eigenvalue weighted by atomic mass is 35.5. The molecule has 7 nitrogen and oxygen atoms in total. The van der Waals surface area contributed by atoms with Crippen molar-refractivity contribution >= 4 is 38.9 Å². The molecule has 0 aliphatic carbocycles. The third-order valence-electron chi connectivity index (χ3n) is 4.55. The van der Waals surface area contributed by atoms with Crippen LogP contribution in [0, 0.1) is 5.92 Å². The maximum atomic E-state index is 12.7. The quantitative estimate of drug-likeness (QED) is 0.573. The molecular weight excluding hydrogens is 400 g/mol. The summed E-state index contributed by atoms with van der Waals surface area (Å²) in [5, 5.41) is 2.19. The molecule has 1 amide bonds. The molecule has 0 bridgehead atoms. The number of sulfonamides is 1. The second kappa shape index (κ2) is 8.48. The Bertz CT molecular complexity index is 931. The van der Waals surface area contributed by atoms with Crippen molar-refractivity contribution in [2.24, 2.45) is 5.92 Å². The van der Waals surface area contributed by atoms with E-state index in [0.717, 1.165) is 5.56 Å². The number of anilines is 2. The van der Waals surface area contributed by atoms with Gasteiger partial charge in [0.2, 0.25) is 5.91 Å². The maximum absolute atomic E-state index is 12.7. The zero-order valence-corrected chi connectivity index (χ0v) is 17.1. The van der Waals surface area contributed by atoms with E-state index in [2.05, 4.69) is 34.7 Å². The van der Waals surface area contributed by atoms with Crippen LogP contribution in [0.25, 0.3) is 0 Å². The number of hydrogen-bond acceptors (Lipinski definition) is 5. The SMILES string of the molecule is CC(C)c1ccc(NC(=O)C2CNNC2S(=O)(=O)Nc2ccc(Cl)cc2)cc1. The monoisotopic (exact) mass is 422 g/mol. The molecule has 2 unspecified atom stereocenters. The van der Waals surface area contributed by atoms with Crippen molar-refractivity contribution in [3.8, 4) is 0 Å². The molecule has 2 aromatic carbocycles. The molecule has 1 fully saturated rings. The topological polar surface area (TPSA) is 99.3 Å². The number of carbonyl (C=O) groups excluding carboxylic acids is 1. The van der Waals surface area contributed by atoms with E-state index in [1.165, 1.54) is 0 Å².